The molecule has 0 unspecified atom stereocenters. The molecule has 8 aromatic rings. The van der Waals surface area contributed by atoms with Gasteiger partial charge in [-0.3, -0.25) is 0 Å². The number of thiophene rings is 1. The lowest BCUT2D eigenvalue weighted by Crippen LogP contribution is -2.17. The smallest absolute Gasteiger partial charge is 0.0555 e. The van der Waals surface area contributed by atoms with E-state index in [4.69, 9.17) is 0 Å². The molecule has 0 bridgehead atoms. The van der Waals surface area contributed by atoms with Gasteiger partial charge in [-0.05, 0) is 63.0 Å². The molecule has 2 aliphatic carbocycles. The molecule has 1 aromatic heterocycles. The Morgan fingerprint density at radius 2 is 0.896 bits per heavy atom. The number of fused-ring (bicyclic) bond motifs is 11. The fraction of sp³-hybridized carbons (Fsp3) is 0.130. The predicted molar refractivity (Wildman–Crippen MR) is 207 cm³/mol. The van der Waals surface area contributed by atoms with Crippen LogP contribution in [0.1, 0.15) is 49.9 Å². The third kappa shape index (κ3) is 3.56. The lowest BCUT2D eigenvalue weighted by molar-refractivity contribution is 0.660. The van der Waals surface area contributed by atoms with Crippen molar-refractivity contribution in [2.45, 2.75) is 38.5 Å². The van der Waals surface area contributed by atoms with Crippen molar-refractivity contribution in [2.24, 2.45) is 0 Å². The zero-order valence-corrected chi connectivity index (χ0v) is 28.5. The highest BCUT2D eigenvalue weighted by molar-refractivity contribution is 7.26. The van der Waals surface area contributed by atoms with Gasteiger partial charge in [0.25, 0.3) is 0 Å². The van der Waals surface area contributed by atoms with Gasteiger partial charge in [0.05, 0.1) is 17.1 Å². The Morgan fingerprint density at radius 1 is 0.417 bits per heavy atom. The maximum Gasteiger partial charge on any atom is 0.0555 e. The molecular formula is C46H35NS. The predicted octanol–water partition coefficient (Wildman–Crippen LogP) is 13.3. The summed E-state index contributed by atoms with van der Waals surface area (Å²) in [6, 6.07) is 52.4. The second kappa shape index (κ2) is 9.69. The average molecular weight is 634 g/mol. The van der Waals surface area contributed by atoms with Crippen LogP contribution >= 0.6 is 11.3 Å². The highest BCUT2D eigenvalue weighted by atomic mass is 32.1. The van der Waals surface area contributed by atoms with E-state index in [-0.39, 0.29) is 10.8 Å². The third-order valence-electron chi connectivity index (χ3n) is 11.3. The SMILES string of the molecule is CC1(C)c2ccccc2-c2c(N(c3cccc4c3-c3ccccc3C4(C)C)c3cc4sc5ccccc5c4c4ccccc34)cccc21. The molecule has 7 aromatic carbocycles. The zero-order chi connectivity index (χ0) is 32.4. The van der Waals surface area contributed by atoms with Crippen LogP contribution in [0.4, 0.5) is 17.1 Å². The van der Waals surface area contributed by atoms with E-state index in [1.54, 1.807) is 0 Å². The van der Waals surface area contributed by atoms with Gasteiger partial charge in [-0.25, -0.2) is 0 Å². The van der Waals surface area contributed by atoms with Gasteiger partial charge in [0, 0.05) is 47.5 Å². The number of hydrogen-bond acceptors (Lipinski definition) is 2. The van der Waals surface area contributed by atoms with Crippen LogP contribution in [-0.4, -0.2) is 0 Å². The van der Waals surface area contributed by atoms with Crippen molar-refractivity contribution in [3.05, 3.63) is 162 Å². The topological polar surface area (TPSA) is 3.24 Å². The minimum atomic E-state index is -0.0989. The van der Waals surface area contributed by atoms with Gasteiger partial charge in [0.2, 0.25) is 0 Å². The van der Waals surface area contributed by atoms with Gasteiger partial charge < -0.3 is 4.90 Å². The number of hydrogen-bond donors (Lipinski definition) is 0. The van der Waals surface area contributed by atoms with E-state index in [9.17, 15) is 0 Å². The van der Waals surface area contributed by atoms with E-state index < -0.39 is 0 Å². The van der Waals surface area contributed by atoms with E-state index in [0.717, 1.165) is 0 Å². The van der Waals surface area contributed by atoms with Gasteiger partial charge in [-0.15, -0.1) is 11.3 Å². The summed E-state index contributed by atoms with van der Waals surface area (Å²) in [5, 5.41) is 5.25. The molecule has 1 heterocycles. The summed E-state index contributed by atoms with van der Waals surface area (Å²) < 4.78 is 2.64. The van der Waals surface area contributed by atoms with Crippen molar-refractivity contribution in [3.8, 4) is 22.3 Å². The van der Waals surface area contributed by atoms with Crippen molar-refractivity contribution in [1.29, 1.82) is 0 Å². The first-order valence-corrected chi connectivity index (χ1v) is 17.8. The Morgan fingerprint density at radius 3 is 1.50 bits per heavy atom. The molecule has 0 fully saturated rings. The highest BCUT2D eigenvalue weighted by Gasteiger charge is 2.41. The molecule has 0 saturated heterocycles. The molecule has 230 valence electrons. The molecule has 0 amide bonds. The van der Waals surface area contributed by atoms with Crippen LogP contribution in [0.2, 0.25) is 0 Å². The zero-order valence-electron chi connectivity index (χ0n) is 27.6. The number of anilines is 3. The Hall–Kier alpha value is -5.18. The standard InChI is InChI=1S/C46H35NS/c1-45(2)33-20-10-7-17-30(33)43-35(45)22-13-24-37(43)47(38-25-14-23-36-44(38)31-18-8-11-21-34(31)46(36,3)4)39-27-41-42(29-16-6-5-15-28(29)39)32-19-9-12-26-40(32)48-41/h5-27H,1-4H3. The summed E-state index contributed by atoms with van der Waals surface area (Å²) in [6.45, 7) is 9.51. The molecule has 0 radical (unpaired) electrons. The molecule has 2 heteroatoms. The monoisotopic (exact) mass is 633 g/mol. The second-order valence-corrected chi connectivity index (χ2v) is 15.6. The number of nitrogens with zero attached hydrogens (tertiary/aromatic N) is 1. The highest BCUT2D eigenvalue weighted by Crippen LogP contribution is 2.59. The molecule has 0 aliphatic heterocycles. The summed E-state index contributed by atoms with van der Waals surface area (Å²) in [4.78, 5) is 2.61. The molecule has 1 nitrogen and oxygen atoms in total. The van der Waals surface area contributed by atoms with Crippen LogP contribution in [-0.2, 0) is 10.8 Å². The lowest BCUT2D eigenvalue weighted by Gasteiger charge is -2.32. The number of benzene rings is 7. The summed E-state index contributed by atoms with van der Waals surface area (Å²) in [5.41, 5.74) is 14.4. The lowest BCUT2D eigenvalue weighted by atomic mass is 9.82. The Balaban J connectivity index is 1.38. The Labute approximate surface area is 285 Å². The van der Waals surface area contributed by atoms with E-state index in [0.29, 0.717) is 0 Å². The van der Waals surface area contributed by atoms with Crippen LogP contribution in [0.15, 0.2) is 140 Å². The molecular weight excluding hydrogens is 599 g/mol. The Bertz CT molecular complexity index is 2530. The van der Waals surface area contributed by atoms with E-state index in [1.165, 1.54) is 92.5 Å². The molecule has 2 aliphatic rings. The summed E-state index contributed by atoms with van der Waals surface area (Å²) in [6.07, 6.45) is 0. The van der Waals surface area contributed by atoms with Crippen molar-refractivity contribution in [2.75, 3.05) is 4.90 Å². The van der Waals surface area contributed by atoms with Crippen LogP contribution < -0.4 is 4.90 Å². The van der Waals surface area contributed by atoms with Crippen molar-refractivity contribution >= 4 is 59.3 Å². The fourth-order valence-corrected chi connectivity index (χ4v) is 10.1. The largest absolute Gasteiger partial charge is 0.309 e. The summed E-state index contributed by atoms with van der Waals surface area (Å²) in [7, 11) is 0. The average Bonchev–Trinajstić information content (AvgIpc) is 3.69. The molecule has 48 heavy (non-hydrogen) atoms. The van der Waals surface area contributed by atoms with Crippen LogP contribution in [0.25, 0.3) is 53.2 Å². The normalized spacial score (nSPS) is 15.0. The molecule has 0 saturated carbocycles. The van der Waals surface area contributed by atoms with Crippen LogP contribution in [0.3, 0.4) is 0 Å². The van der Waals surface area contributed by atoms with Crippen LogP contribution in [0.5, 0.6) is 0 Å². The van der Waals surface area contributed by atoms with Gasteiger partial charge in [-0.1, -0.05) is 143 Å². The first-order valence-electron chi connectivity index (χ1n) is 17.0. The molecule has 0 spiro atoms. The van der Waals surface area contributed by atoms with Crippen LogP contribution in [0, 0.1) is 0 Å². The van der Waals surface area contributed by atoms with Crippen molar-refractivity contribution in [1.82, 2.24) is 0 Å². The summed E-state index contributed by atoms with van der Waals surface area (Å²) >= 11 is 1.90. The van der Waals surface area contributed by atoms with E-state index in [2.05, 4.69) is 172 Å². The first kappa shape index (κ1) is 27.9. The molecule has 10 rings (SSSR count). The number of rotatable bonds is 3. The maximum absolute atomic E-state index is 2.61. The quantitative estimate of drug-likeness (QED) is 0.187. The van der Waals surface area contributed by atoms with Gasteiger partial charge in [-0.2, -0.15) is 0 Å². The van der Waals surface area contributed by atoms with E-state index >= 15 is 0 Å². The third-order valence-corrected chi connectivity index (χ3v) is 12.4. The Kier molecular flexibility index (Phi) is 5.63. The van der Waals surface area contributed by atoms with Crippen molar-refractivity contribution < 1.29 is 0 Å². The fourth-order valence-electron chi connectivity index (χ4n) is 8.99. The first-order chi connectivity index (χ1) is 23.4. The minimum Gasteiger partial charge on any atom is -0.309 e. The van der Waals surface area contributed by atoms with E-state index in [1.807, 2.05) is 11.3 Å². The maximum atomic E-state index is 2.61. The molecule has 0 atom stereocenters. The van der Waals surface area contributed by atoms with Gasteiger partial charge in [0.1, 0.15) is 0 Å². The minimum absolute atomic E-state index is 0.0989. The van der Waals surface area contributed by atoms with Gasteiger partial charge >= 0.3 is 0 Å². The molecule has 0 N–H and O–H groups in total. The van der Waals surface area contributed by atoms with Crippen molar-refractivity contribution in [3.63, 3.8) is 0 Å². The second-order valence-electron chi connectivity index (χ2n) is 14.5. The van der Waals surface area contributed by atoms with Gasteiger partial charge in [0.15, 0.2) is 0 Å². The summed E-state index contributed by atoms with van der Waals surface area (Å²) in [5.74, 6) is 0.